The Morgan fingerprint density at radius 3 is 2.26 bits per heavy atom. The van der Waals surface area contributed by atoms with Crippen LogP contribution in [-0.4, -0.2) is 95.8 Å². The third kappa shape index (κ3) is 7.40. The zero-order valence-electron chi connectivity index (χ0n) is 13.3. The second kappa shape index (κ2) is 9.24. The monoisotopic (exact) mass is 334 g/mol. The molecule has 0 bridgehead atoms. The van der Waals surface area contributed by atoms with Crippen LogP contribution in [-0.2, 0) is 33.2 Å². The first-order valence-electron chi connectivity index (χ1n) is 8.17. The summed E-state index contributed by atoms with van der Waals surface area (Å²) >= 11 is 0. The number of aliphatic hydroxyl groups is 1. The van der Waals surface area contributed by atoms with Crippen LogP contribution in [0.5, 0.6) is 0 Å². The molecule has 5 unspecified atom stereocenters. The highest BCUT2D eigenvalue weighted by atomic mass is 16.7. The lowest BCUT2D eigenvalue weighted by molar-refractivity contribution is -0.160. The van der Waals surface area contributed by atoms with E-state index in [0.29, 0.717) is 39.6 Å². The van der Waals surface area contributed by atoms with Crippen LogP contribution in [0.4, 0.5) is 0 Å². The number of hydrogen-bond donors (Lipinski definition) is 1. The number of epoxide rings is 2. The van der Waals surface area contributed by atoms with Crippen molar-refractivity contribution in [3.05, 3.63) is 0 Å². The SMILES string of the molecule is OC(COCC1COCC(OCC2CO2)OC1)COCC1CO1. The minimum atomic E-state index is -0.629. The van der Waals surface area contributed by atoms with Gasteiger partial charge in [0.2, 0.25) is 0 Å². The van der Waals surface area contributed by atoms with Crippen molar-refractivity contribution in [2.24, 2.45) is 5.92 Å². The van der Waals surface area contributed by atoms with Crippen molar-refractivity contribution in [2.45, 2.75) is 24.6 Å². The Morgan fingerprint density at radius 2 is 1.52 bits per heavy atom. The zero-order valence-corrected chi connectivity index (χ0v) is 13.3. The summed E-state index contributed by atoms with van der Waals surface area (Å²) in [5.41, 5.74) is 0. The molecule has 0 aromatic carbocycles. The molecular formula is C15H26O8. The molecule has 3 saturated heterocycles. The van der Waals surface area contributed by atoms with Crippen molar-refractivity contribution in [1.82, 2.24) is 0 Å². The highest BCUT2D eigenvalue weighted by Gasteiger charge is 2.27. The van der Waals surface area contributed by atoms with Gasteiger partial charge in [0.25, 0.3) is 0 Å². The van der Waals surface area contributed by atoms with E-state index in [9.17, 15) is 5.11 Å². The number of aliphatic hydroxyl groups excluding tert-OH is 1. The summed E-state index contributed by atoms with van der Waals surface area (Å²) in [6.07, 6.45) is -0.537. The average molecular weight is 334 g/mol. The summed E-state index contributed by atoms with van der Waals surface area (Å²) in [7, 11) is 0. The molecule has 0 saturated carbocycles. The predicted molar refractivity (Wildman–Crippen MR) is 77.1 cm³/mol. The summed E-state index contributed by atoms with van der Waals surface area (Å²) in [5, 5.41) is 9.75. The molecule has 3 rings (SSSR count). The Balaban J connectivity index is 1.20. The van der Waals surface area contributed by atoms with Crippen molar-refractivity contribution in [3.63, 3.8) is 0 Å². The molecule has 3 aliphatic rings. The number of ether oxygens (including phenoxy) is 7. The van der Waals surface area contributed by atoms with Crippen molar-refractivity contribution < 1.29 is 38.3 Å². The molecule has 134 valence electrons. The molecule has 8 heteroatoms. The van der Waals surface area contributed by atoms with Crippen LogP contribution in [0.15, 0.2) is 0 Å². The molecule has 8 nitrogen and oxygen atoms in total. The second-order valence-electron chi connectivity index (χ2n) is 6.14. The maximum absolute atomic E-state index is 9.75. The van der Waals surface area contributed by atoms with E-state index < -0.39 is 6.10 Å². The van der Waals surface area contributed by atoms with Gasteiger partial charge >= 0.3 is 0 Å². The molecule has 0 radical (unpaired) electrons. The molecular weight excluding hydrogens is 308 g/mol. The van der Waals surface area contributed by atoms with E-state index in [4.69, 9.17) is 33.2 Å². The van der Waals surface area contributed by atoms with Crippen LogP contribution in [0.1, 0.15) is 0 Å². The number of hydrogen-bond acceptors (Lipinski definition) is 8. The van der Waals surface area contributed by atoms with Gasteiger partial charge in [-0.2, -0.15) is 0 Å². The second-order valence-corrected chi connectivity index (χ2v) is 6.14. The highest BCUT2D eigenvalue weighted by molar-refractivity contribution is 4.69. The third-order valence-corrected chi connectivity index (χ3v) is 3.68. The summed E-state index contributed by atoms with van der Waals surface area (Å²) in [5.74, 6) is 0.133. The molecule has 3 aliphatic heterocycles. The van der Waals surface area contributed by atoms with Gasteiger partial charge in [0.15, 0.2) is 6.29 Å². The lowest BCUT2D eigenvalue weighted by atomic mass is 10.2. The molecule has 0 amide bonds. The normalized spacial score (nSPS) is 34.8. The summed E-state index contributed by atoms with van der Waals surface area (Å²) < 4.78 is 37.7. The fourth-order valence-corrected chi connectivity index (χ4v) is 2.16. The predicted octanol–water partition coefficient (Wildman–Crippen LogP) is -0.816. The Bertz CT molecular complexity index is 333. The fraction of sp³-hybridized carbons (Fsp3) is 1.00. The highest BCUT2D eigenvalue weighted by Crippen LogP contribution is 2.14. The standard InChI is InChI=1S/C15H26O8/c16-12(5-19-6-13-7-20-13)4-17-1-11-2-18-10-15(22-3-11)23-9-14-8-21-14/h11-16H,1-10H2. The maximum Gasteiger partial charge on any atom is 0.180 e. The van der Waals surface area contributed by atoms with Crippen molar-refractivity contribution in [3.8, 4) is 0 Å². The topological polar surface area (TPSA) is 91.4 Å². The van der Waals surface area contributed by atoms with Gasteiger partial charge in [0, 0.05) is 5.92 Å². The largest absolute Gasteiger partial charge is 0.388 e. The number of rotatable bonds is 11. The molecule has 0 aromatic heterocycles. The van der Waals surface area contributed by atoms with Crippen molar-refractivity contribution in [1.29, 1.82) is 0 Å². The van der Waals surface area contributed by atoms with Crippen LogP contribution in [0.3, 0.4) is 0 Å². The van der Waals surface area contributed by atoms with Gasteiger partial charge in [0.1, 0.15) is 18.3 Å². The fourth-order valence-electron chi connectivity index (χ4n) is 2.16. The van der Waals surface area contributed by atoms with Crippen molar-refractivity contribution >= 4 is 0 Å². The van der Waals surface area contributed by atoms with E-state index in [1.165, 1.54) is 0 Å². The van der Waals surface area contributed by atoms with Crippen LogP contribution in [0, 0.1) is 5.92 Å². The molecule has 0 spiro atoms. The summed E-state index contributed by atoms with van der Waals surface area (Å²) in [6, 6.07) is 0. The van der Waals surface area contributed by atoms with Gasteiger partial charge in [-0.25, -0.2) is 0 Å². The van der Waals surface area contributed by atoms with E-state index in [1.54, 1.807) is 0 Å². The van der Waals surface area contributed by atoms with Crippen LogP contribution in [0.2, 0.25) is 0 Å². The Morgan fingerprint density at radius 1 is 0.826 bits per heavy atom. The zero-order chi connectivity index (χ0) is 15.9. The smallest absolute Gasteiger partial charge is 0.180 e. The molecule has 5 atom stereocenters. The van der Waals surface area contributed by atoms with Gasteiger partial charge in [0.05, 0.1) is 66.1 Å². The van der Waals surface area contributed by atoms with Crippen LogP contribution in [0.25, 0.3) is 0 Å². The molecule has 3 fully saturated rings. The quantitative estimate of drug-likeness (QED) is 0.490. The minimum Gasteiger partial charge on any atom is -0.388 e. The van der Waals surface area contributed by atoms with E-state index in [1.807, 2.05) is 0 Å². The molecule has 0 aliphatic carbocycles. The molecule has 0 aromatic rings. The third-order valence-electron chi connectivity index (χ3n) is 3.68. The van der Waals surface area contributed by atoms with E-state index in [0.717, 1.165) is 13.2 Å². The molecule has 23 heavy (non-hydrogen) atoms. The lowest BCUT2D eigenvalue weighted by Crippen LogP contribution is -2.27. The van der Waals surface area contributed by atoms with Crippen LogP contribution >= 0.6 is 0 Å². The Labute approximate surface area is 135 Å². The van der Waals surface area contributed by atoms with Gasteiger partial charge in [-0.3, -0.25) is 0 Å². The van der Waals surface area contributed by atoms with Crippen LogP contribution < -0.4 is 0 Å². The Kier molecular flexibility index (Phi) is 7.03. The van der Waals surface area contributed by atoms with Gasteiger partial charge in [-0.05, 0) is 0 Å². The van der Waals surface area contributed by atoms with E-state index in [-0.39, 0.29) is 37.6 Å². The maximum atomic E-state index is 9.75. The van der Waals surface area contributed by atoms with E-state index >= 15 is 0 Å². The summed E-state index contributed by atoms with van der Waals surface area (Å²) in [4.78, 5) is 0. The first-order chi connectivity index (χ1) is 11.3. The van der Waals surface area contributed by atoms with E-state index in [2.05, 4.69) is 0 Å². The van der Waals surface area contributed by atoms with Gasteiger partial charge in [-0.1, -0.05) is 0 Å². The molecule has 1 N–H and O–H groups in total. The minimum absolute atomic E-state index is 0.133. The first kappa shape index (κ1) is 17.5. The first-order valence-corrected chi connectivity index (χ1v) is 8.17. The Hall–Kier alpha value is -0.320. The van der Waals surface area contributed by atoms with Crippen molar-refractivity contribution in [2.75, 3.05) is 66.1 Å². The molecule has 3 heterocycles. The van der Waals surface area contributed by atoms with Gasteiger partial charge < -0.3 is 38.3 Å². The van der Waals surface area contributed by atoms with Gasteiger partial charge in [-0.15, -0.1) is 0 Å². The summed E-state index contributed by atoms with van der Waals surface area (Å²) in [6.45, 7) is 5.08. The lowest BCUT2D eigenvalue weighted by Gasteiger charge is -2.17. The average Bonchev–Trinajstić information content (AvgIpc) is 3.39.